The minimum atomic E-state index is 0.646. The number of aromatic nitrogens is 2. The van der Waals surface area contributed by atoms with E-state index in [2.05, 4.69) is 34.2 Å². The normalized spacial score (nSPS) is 10.7. The molecule has 0 amide bonds. The summed E-state index contributed by atoms with van der Waals surface area (Å²) in [6.07, 6.45) is 7.21. The van der Waals surface area contributed by atoms with Crippen molar-refractivity contribution in [2.75, 3.05) is 7.05 Å². The molecule has 0 fully saturated rings. The van der Waals surface area contributed by atoms with Crippen molar-refractivity contribution in [1.29, 1.82) is 5.41 Å². The molecule has 0 bridgehead atoms. The number of imidazole rings is 1. The third kappa shape index (κ3) is 5.97. The standard InChI is InChI=1S/C22H25ClN4/c1-27(15-19-6-10-20(23)11-7-19)22(24)13-9-18-4-2-17(3-5-18)8-12-21-14-25-16-26-21/h2-7,10-11,14,16,24H,8-9,12-13,15H2,1H3,(H,25,26). The van der Waals surface area contributed by atoms with E-state index in [1.807, 2.05) is 42.4 Å². The second-order valence-corrected chi connectivity index (χ2v) is 7.24. The van der Waals surface area contributed by atoms with Gasteiger partial charge in [0.25, 0.3) is 0 Å². The van der Waals surface area contributed by atoms with Crippen molar-refractivity contribution in [3.63, 3.8) is 0 Å². The van der Waals surface area contributed by atoms with Crippen LogP contribution in [0.5, 0.6) is 0 Å². The van der Waals surface area contributed by atoms with Gasteiger partial charge in [-0.1, -0.05) is 48.0 Å². The number of aromatic amines is 1. The maximum absolute atomic E-state index is 8.31. The molecule has 3 rings (SSSR count). The highest BCUT2D eigenvalue weighted by atomic mass is 35.5. The molecular formula is C22H25ClN4. The van der Waals surface area contributed by atoms with Crippen LogP contribution in [-0.4, -0.2) is 27.8 Å². The van der Waals surface area contributed by atoms with Crippen LogP contribution in [0.3, 0.4) is 0 Å². The molecule has 0 aliphatic rings. The van der Waals surface area contributed by atoms with Gasteiger partial charge in [0.15, 0.2) is 0 Å². The summed E-state index contributed by atoms with van der Waals surface area (Å²) in [5, 5.41) is 9.05. The summed E-state index contributed by atoms with van der Waals surface area (Å²) in [6, 6.07) is 16.5. The van der Waals surface area contributed by atoms with Crippen LogP contribution in [0, 0.1) is 5.41 Å². The summed E-state index contributed by atoms with van der Waals surface area (Å²) in [6.45, 7) is 0.724. The van der Waals surface area contributed by atoms with Crippen molar-refractivity contribution in [3.05, 3.63) is 88.5 Å². The fourth-order valence-electron chi connectivity index (χ4n) is 2.99. The van der Waals surface area contributed by atoms with Gasteiger partial charge >= 0.3 is 0 Å². The lowest BCUT2D eigenvalue weighted by atomic mass is 10.0. The van der Waals surface area contributed by atoms with E-state index in [4.69, 9.17) is 17.0 Å². The van der Waals surface area contributed by atoms with Gasteiger partial charge in [-0.3, -0.25) is 5.41 Å². The fraction of sp³-hybridized carbons (Fsp3) is 0.273. The van der Waals surface area contributed by atoms with E-state index in [1.54, 1.807) is 6.33 Å². The molecular weight excluding hydrogens is 356 g/mol. The Morgan fingerprint density at radius 3 is 2.22 bits per heavy atom. The first kappa shape index (κ1) is 19.2. The maximum Gasteiger partial charge on any atom is 0.0961 e. The number of aryl methyl sites for hydroxylation is 3. The molecule has 0 unspecified atom stereocenters. The lowest BCUT2D eigenvalue weighted by molar-refractivity contribution is 0.484. The van der Waals surface area contributed by atoms with Crippen LogP contribution in [-0.2, 0) is 25.8 Å². The molecule has 0 spiro atoms. The van der Waals surface area contributed by atoms with Gasteiger partial charge in [0.05, 0.1) is 17.9 Å². The van der Waals surface area contributed by atoms with Gasteiger partial charge in [-0.05, 0) is 48.1 Å². The number of nitrogens with one attached hydrogen (secondary N) is 2. The zero-order chi connectivity index (χ0) is 19.1. The number of hydrogen-bond acceptors (Lipinski definition) is 2. The highest BCUT2D eigenvalue weighted by Crippen LogP contribution is 2.13. The fourth-order valence-corrected chi connectivity index (χ4v) is 3.11. The van der Waals surface area contributed by atoms with Gasteiger partial charge in [0, 0.05) is 31.2 Å². The molecule has 1 heterocycles. The number of hydrogen-bond donors (Lipinski definition) is 2. The second-order valence-electron chi connectivity index (χ2n) is 6.81. The molecule has 0 saturated carbocycles. The molecule has 4 nitrogen and oxygen atoms in total. The maximum atomic E-state index is 8.31. The van der Waals surface area contributed by atoms with Crippen LogP contribution in [0.25, 0.3) is 0 Å². The van der Waals surface area contributed by atoms with Gasteiger partial charge in [-0.15, -0.1) is 0 Å². The van der Waals surface area contributed by atoms with E-state index >= 15 is 0 Å². The Kier molecular flexibility index (Phi) is 6.66. The highest BCUT2D eigenvalue weighted by molar-refractivity contribution is 6.30. The molecule has 0 atom stereocenters. The Hall–Kier alpha value is -2.59. The SMILES string of the molecule is CN(Cc1ccc(Cl)cc1)C(=N)CCc1ccc(CCc2c[nH]cn2)cc1. The average Bonchev–Trinajstić information content (AvgIpc) is 3.20. The molecule has 0 aliphatic carbocycles. The number of nitrogens with zero attached hydrogens (tertiary/aromatic N) is 2. The van der Waals surface area contributed by atoms with Crippen molar-refractivity contribution in [1.82, 2.24) is 14.9 Å². The average molecular weight is 381 g/mol. The van der Waals surface area contributed by atoms with Gasteiger partial charge in [-0.25, -0.2) is 4.98 Å². The van der Waals surface area contributed by atoms with E-state index in [0.29, 0.717) is 5.84 Å². The molecule has 2 N–H and O–H groups in total. The van der Waals surface area contributed by atoms with Gasteiger partial charge in [0.1, 0.15) is 0 Å². The Morgan fingerprint density at radius 1 is 0.963 bits per heavy atom. The number of benzene rings is 2. The molecule has 3 aromatic rings. The van der Waals surface area contributed by atoms with Crippen LogP contribution in [0.4, 0.5) is 0 Å². The van der Waals surface area contributed by atoms with Crippen molar-refractivity contribution >= 4 is 17.4 Å². The van der Waals surface area contributed by atoms with Crippen molar-refractivity contribution in [2.45, 2.75) is 32.2 Å². The minimum absolute atomic E-state index is 0.646. The van der Waals surface area contributed by atoms with E-state index in [9.17, 15) is 0 Å². The Balaban J connectivity index is 1.44. The van der Waals surface area contributed by atoms with E-state index in [-0.39, 0.29) is 0 Å². The Morgan fingerprint density at radius 2 is 1.59 bits per heavy atom. The van der Waals surface area contributed by atoms with Crippen molar-refractivity contribution in [3.8, 4) is 0 Å². The third-order valence-corrected chi connectivity index (χ3v) is 4.94. The van der Waals surface area contributed by atoms with Crippen LogP contribution >= 0.6 is 11.6 Å². The minimum Gasteiger partial charge on any atom is -0.359 e. The number of amidine groups is 1. The smallest absolute Gasteiger partial charge is 0.0961 e. The first-order valence-electron chi connectivity index (χ1n) is 9.18. The molecule has 140 valence electrons. The molecule has 0 saturated heterocycles. The Bertz CT molecular complexity index is 839. The summed E-state index contributed by atoms with van der Waals surface area (Å²) in [4.78, 5) is 9.23. The van der Waals surface area contributed by atoms with Gasteiger partial charge in [0.2, 0.25) is 0 Å². The second kappa shape index (κ2) is 9.38. The zero-order valence-corrected chi connectivity index (χ0v) is 16.3. The topological polar surface area (TPSA) is 55.8 Å². The van der Waals surface area contributed by atoms with E-state index in [1.165, 1.54) is 11.1 Å². The first-order chi connectivity index (χ1) is 13.1. The number of halogens is 1. The third-order valence-electron chi connectivity index (χ3n) is 4.69. The number of H-pyrrole nitrogens is 1. The zero-order valence-electron chi connectivity index (χ0n) is 15.6. The largest absolute Gasteiger partial charge is 0.359 e. The molecule has 0 radical (unpaired) electrons. The predicted molar refractivity (Wildman–Crippen MR) is 111 cm³/mol. The molecule has 0 aliphatic heterocycles. The quantitative estimate of drug-likeness (QED) is 0.431. The van der Waals surface area contributed by atoms with E-state index in [0.717, 1.165) is 48.5 Å². The summed E-state index contributed by atoms with van der Waals surface area (Å²) in [5.41, 5.74) is 4.84. The van der Waals surface area contributed by atoms with Crippen molar-refractivity contribution in [2.24, 2.45) is 0 Å². The molecule has 2 aromatic carbocycles. The van der Waals surface area contributed by atoms with Crippen LogP contribution in [0.2, 0.25) is 5.02 Å². The summed E-state index contributed by atoms with van der Waals surface area (Å²) >= 11 is 5.92. The lowest BCUT2D eigenvalue weighted by Gasteiger charge is -2.20. The molecule has 27 heavy (non-hydrogen) atoms. The van der Waals surface area contributed by atoms with Crippen LogP contribution in [0.15, 0.2) is 61.1 Å². The van der Waals surface area contributed by atoms with E-state index < -0.39 is 0 Å². The summed E-state index contributed by atoms with van der Waals surface area (Å²) in [7, 11) is 1.97. The number of rotatable bonds is 8. The van der Waals surface area contributed by atoms with Crippen LogP contribution in [0.1, 0.15) is 28.8 Å². The summed E-state index contributed by atoms with van der Waals surface area (Å²) in [5.74, 6) is 0.646. The first-order valence-corrected chi connectivity index (χ1v) is 9.56. The Labute approximate surface area is 165 Å². The van der Waals surface area contributed by atoms with Gasteiger partial charge < -0.3 is 9.88 Å². The highest BCUT2D eigenvalue weighted by Gasteiger charge is 2.06. The van der Waals surface area contributed by atoms with Crippen LogP contribution < -0.4 is 0 Å². The van der Waals surface area contributed by atoms with Gasteiger partial charge in [-0.2, -0.15) is 0 Å². The molecule has 1 aromatic heterocycles. The summed E-state index contributed by atoms with van der Waals surface area (Å²) < 4.78 is 0. The van der Waals surface area contributed by atoms with Crippen molar-refractivity contribution < 1.29 is 0 Å². The predicted octanol–water partition coefficient (Wildman–Crippen LogP) is 4.89. The molecule has 5 heteroatoms. The lowest BCUT2D eigenvalue weighted by Crippen LogP contribution is -2.25. The monoisotopic (exact) mass is 380 g/mol.